The number of aromatic nitrogens is 1. The first kappa shape index (κ1) is 12.7. The second-order valence-electron chi connectivity index (χ2n) is 4.64. The zero-order chi connectivity index (χ0) is 13.0. The SMILES string of the molecule is CC(C)COCCNc1nc2ccc(N)cc2o1. The number of fused-ring (bicyclic) bond motifs is 1. The van der Waals surface area contributed by atoms with E-state index in [2.05, 4.69) is 24.1 Å². The van der Waals surface area contributed by atoms with E-state index in [0.717, 1.165) is 12.1 Å². The molecule has 0 fully saturated rings. The number of nitrogens with two attached hydrogens (primary N) is 1. The van der Waals surface area contributed by atoms with Crippen LogP contribution in [0.5, 0.6) is 0 Å². The summed E-state index contributed by atoms with van der Waals surface area (Å²) >= 11 is 0. The maximum Gasteiger partial charge on any atom is 0.295 e. The molecule has 0 bridgehead atoms. The van der Waals surface area contributed by atoms with Gasteiger partial charge in [-0.25, -0.2) is 0 Å². The van der Waals surface area contributed by atoms with Gasteiger partial charge in [0.05, 0.1) is 6.61 Å². The van der Waals surface area contributed by atoms with Crippen molar-refractivity contribution in [1.29, 1.82) is 0 Å². The van der Waals surface area contributed by atoms with Crippen LogP contribution in [0.15, 0.2) is 22.6 Å². The molecule has 0 amide bonds. The molecule has 5 nitrogen and oxygen atoms in total. The molecule has 0 aliphatic carbocycles. The van der Waals surface area contributed by atoms with Crippen molar-refractivity contribution in [2.24, 2.45) is 5.92 Å². The van der Waals surface area contributed by atoms with E-state index in [4.69, 9.17) is 14.9 Å². The normalized spacial score (nSPS) is 11.3. The minimum absolute atomic E-state index is 0.503. The Morgan fingerprint density at radius 1 is 1.44 bits per heavy atom. The van der Waals surface area contributed by atoms with E-state index in [1.54, 1.807) is 12.1 Å². The third-order valence-electron chi connectivity index (χ3n) is 2.39. The summed E-state index contributed by atoms with van der Waals surface area (Å²) in [7, 11) is 0. The number of anilines is 2. The molecule has 3 N–H and O–H groups in total. The van der Waals surface area contributed by atoms with Gasteiger partial charge in [0.2, 0.25) is 0 Å². The van der Waals surface area contributed by atoms with Crippen LogP contribution in [0.2, 0.25) is 0 Å². The monoisotopic (exact) mass is 249 g/mol. The average Bonchev–Trinajstić information content (AvgIpc) is 2.70. The van der Waals surface area contributed by atoms with Crippen molar-refractivity contribution < 1.29 is 9.15 Å². The lowest BCUT2D eigenvalue weighted by Gasteiger charge is -2.06. The van der Waals surface area contributed by atoms with Gasteiger partial charge < -0.3 is 20.2 Å². The van der Waals surface area contributed by atoms with Gasteiger partial charge in [-0.2, -0.15) is 4.98 Å². The highest BCUT2D eigenvalue weighted by molar-refractivity contribution is 5.77. The minimum Gasteiger partial charge on any atom is -0.423 e. The second-order valence-corrected chi connectivity index (χ2v) is 4.64. The van der Waals surface area contributed by atoms with Crippen LogP contribution in [-0.2, 0) is 4.74 Å². The van der Waals surface area contributed by atoms with E-state index in [0.29, 0.717) is 36.4 Å². The van der Waals surface area contributed by atoms with Gasteiger partial charge in [-0.1, -0.05) is 13.8 Å². The molecule has 18 heavy (non-hydrogen) atoms. The molecule has 98 valence electrons. The summed E-state index contributed by atoms with van der Waals surface area (Å²) < 4.78 is 11.0. The summed E-state index contributed by atoms with van der Waals surface area (Å²) in [6, 6.07) is 5.92. The lowest BCUT2D eigenvalue weighted by molar-refractivity contribution is 0.118. The number of rotatable bonds is 6. The number of nitrogens with one attached hydrogen (secondary N) is 1. The number of hydrogen-bond acceptors (Lipinski definition) is 5. The number of nitrogen functional groups attached to an aromatic ring is 1. The fourth-order valence-electron chi connectivity index (χ4n) is 1.57. The molecule has 0 atom stereocenters. The van der Waals surface area contributed by atoms with Gasteiger partial charge in [0, 0.05) is 24.9 Å². The van der Waals surface area contributed by atoms with Gasteiger partial charge in [0.25, 0.3) is 6.01 Å². The van der Waals surface area contributed by atoms with Crippen molar-refractivity contribution >= 4 is 22.8 Å². The molecule has 0 saturated carbocycles. The van der Waals surface area contributed by atoms with Crippen molar-refractivity contribution in [3.05, 3.63) is 18.2 Å². The number of nitrogens with zero attached hydrogens (tertiary/aromatic N) is 1. The third kappa shape index (κ3) is 3.37. The first-order valence-corrected chi connectivity index (χ1v) is 6.13. The highest BCUT2D eigenvalue weighted by atomic mass is 16.5. The highest BCUT2D eigenvalue weighted by Crippen LogP contribution is 2.20. The Morgan fingerprint density at radius 3 is 3.06 bits per heavy atom. The summed E-state index contributed by atoms with van der Waals surface area (Å²) in [6.45, 7) is 6.33. The Kier molecular flexibility index (Phi) is 4.04. The molecule has 0 radical (unpaired) electrons. The number of benzene rings is 1. The lowest BCUT2D eigenvalue weighted by Crippen LogP contribution is -2.12. The molecule has 2 rings (SSSR count). The van der Waals surface area contributed by atoms with Gasteiger partial charge in [-0.15, -0.1) is 0 Å². The van der Waals surface area contributed by atoms with Crippen LogP contribution in [0.25, 0.3) is 11.1 Å². The molecule has 0 aliphatic heterocycles. The number of ether oxygens (including phenoxy) is 1. The zero-order valence-corrected chi connectivity index (χ0v) is 10.8. The van der Waals surface area contributed by atoms with Gasteiger partial charge in [0.1, 0.15) is 5.52 Å². The summed E-state index contributed by atoms with van der Waals surface area (Å²) in [6.07, 6.45) is 0. The lowest BCUT2D eigenvalue weighted by atomic mass is 10.2. The smallest absolute Gasteiger partial charge is 0.295 e. The topological polar surface area (TPSA) is 73.3 Å². The Morgan fingerprint density at radius 2 is 2.28 bits per heavy atom. The van der Waals surface area contributed by atoms with E-state index >= 15 is 0 Å². The van der Waals surface area contributed by atoms with Crippen LogP contribution >= 0.6 is 0 Å². The first-order valence-electron chi connectivity index (χ1n) is 6.13. The van der Waals surface area contributed by atoms with Crippen LogP contribution < -0.4 is 11.1 Å². The molecule has 2 aromatic rings. The Balaban J connectivity index is 1.84. The van der Waals surface area contributed by atoms with Crippen molar-refractivity contribution in [3.63, 3.8) is 0 Å². The second kappa shape index (κ2) is 5.73. The molecular weight excluding hydrogens is 230 g/mol. The van der Waals surface area contributed by atoms with Crippen molar-refractivity contribution in [3.8, 4) is 0 Å². The van der Waals surface area contributed by atoms with Crippen molar-refractivity contribution in [1.82, 2.24) is 4.98 Å². The van der Waals surface area contributed by atoms with E-state index in [9.17, 15) is 0 Å². The molecule has 5 heteroatoms. The summed E-state index contributed by atoms with van der Waals surface area (Å²) in [5.41, 5.74) is 7.84. The molecular formula is C13H19N3O2. The maximum absolute atomic E-state index is 5.67. The average molecular weight is 249 g/mol. The molecule has 0 aliphatic rings. The van der Waals surface area contributed by atoms with Crippen LogP contribution in [-0.4, -0.2) is 24.7 Å². The molecule has 0 unspecified atom stereocenters. The fourth-order valence-corrected chi connectivity index (χ4v) is 1.57. The van der Waals surface area contributed by atoms with Crippen LogP contribution in [0.4, 0.5) is 11.7 Å². The van der Waals surface area contributed by atoms with Gasteiger partial charge in [0.15, 0.2) is 5.58 Å². The van der Waals surface area contributed by atoms with E-state index in [-0.39, 0.29) is 0 Å². The highest BCUT2D eigenvalue weighted by Gasteiger charge is 2.04. The van der Waals surface area contributed by atoms with Crippen LogP contribution in [0, 0.1) is 5.92 Å². The molecule has 0 saturated heterocycles. The standard InChI is InChI=1S/C13H19N3O2/c1-9(2)8-17-6-5-15-13-16-11-4-3-10(14)7-12(11)18-13/h3-4,7,9H,5-6,8,14H2,1-2H3,(H,15,16). The Bertz CT molecular complexity index is 508. The molecule has 1 heterocycles. The quantitative estimate of drug-likeness (QED) is 0.608. The molecule has 0 spiro atoms. The number of oxazole rings is 1. The summed E-state index contributed by atoms with van der Waals surface area (Å²) in [4.78, 5) is 4.30. The Hall–Kier alpha value is -1.75. The largest absolute Gasteiger partial charge is 0.423 e. The zero-order valence-electron chi connectivity index (χ0n) is 10.8. The summed E-state index contributed by atoms with van der Waals surface area (Å²) in [5, 5.41) is 3.08. The minimum atomic E-state index is 0.503. The van der Waals surface area contributed by atoms with Gasteiger partial charge >= 0.3 is 0 Å². The summed E-state index contributed by atoms with van der Waals surface area (Å²) in [5.74, 6) is 0.553. The van der Waals surface area contributed by atoms with E-state index in [1.807, 2.05) is 6.07 Å². The maximum atomic E-state index is 5.67. The van der Waals surface area contributed by atoms with Crippen molar-refractivity contribution in [2.45, 2.75) is 13.8 Å². The predicted molar refractivity (Wildman–Crippen MR) is 72.6 cm³/mol. The third-order valence-corrected chi connectivity index (χ3v) is 2.39. The van der Waals surface area contributed by atoms with Crippen LogP contribution in [0.3, 0.4) is 0 Å². The predicted octanol–water partition coefficient (Wildman–Crippen LogP) is 2.49. The van der Waals surface area contributed by atoms with Crippen molar-refractivity contribution in [2.75, 3.05) is 30.8 Å². The van der Waals surface area contributed by atoms with Gasteiger partial charge in [-0.3, -0.25) is 0 Å². The van der Waals surface area contributed by atoms with Gasteiger partial charge in [-0.05, 0) is 18.1 Å². The first-order chi connectivity index (χ1) is 8.65. The number of hydrogen-bond donors (Lipinski definition) is 2. The molecule has 1 aromatic carbocycles. The van der Waals surface area contributed by atoms with E-state index < -0.39 is 0 Å². The van der Waals surface area contributed by atoms with Crippen LogP contribution in [0.1, 0.15) is 13.8 Å². The Labute approximate surface area is 106 Å². The fraction of sp³-hybridized carbons (Fsp3) is 0.462. The molecule has 1 aromatic heterocycles. The van der Waals surface area contributed by atoms with E-state index in [1.165, 1.54) is 0 Å².